The molecule has 1 aromatic heterocycles. The summed E-state index contributed by atoms with van der Waals surface area (Å²) in [6.45, 7) is 1.76. The van der Waals surface area contributed by atoms with Gasteiger partial charge in [0.15, 0.2) is 0 Å². The summed E-state index contributed by atoms with van der Waals surface area (Å²) in [7, 11) is 0. The molecule has 0 aliphatic carbocycles. The maximum Gasteiger partial charge on any atom is 0.333 e. The third-order valence-electron chi connectivity index (χ3n) is 4.01. The van der Waals surface area contributed by atoms with E-state index in [2.05, 4.69) is 0 Å². The van der Waals surface area contributed by atoms with Crippen LogP contribution in [0, 0.1) is 17.0 Å². The normalized spacial score (nSPS) is 12.1. The van der Waals surface area contributed by atoms with Gasteiger partial charge in [-0.1, -0.05) is 42.5 Å². The van der Waals surface area contributed by atoms with Gasteiger partial charge in [-0.25, -0.2) is 4.79 Å². The standard InChI is InChI=1S/C18H17N3O4/c1-13-11-19(12-17(22)14-7-3-2-4-8-14)18(23)20(13)15-9-5-6-10-16(15)21(24)25/h2-11,17,22H,12H2,1H3. The van der Waals surface area contributed by atoms with Crippen LogP contribution < -0.4 is 5.69 Å². The topological polar surface area (TPSA) is 90.3 Å². The molecule has 2 aromatic carbocycles. The van der Waals surface area contributed by atoms with Crippen molar-refractivity contribution in [2.75, 3.05) is 0 Å². The lowest BCUT2D eigenvalue weighted by Crippen LogP contribution is -2.26. The molecule has 1 atom stereocenters. The Hall–Kier alpha value is -3.19. The molecule has 0 fully saturated rings. The number of para-hydroxylation sites is 2. The summed E-state index contributed by atoms with van der Waals surface area (Å²) in [4.78, 5) is 23.4. The Bertz CT molecular complexity index is 960. The summed E-state index contributed by atoms with van der Waals surface area (Å²) >= 11 is 0. The summed E-state index contributed by atoms with van der Waals surface area (Å²) in [5.41, 5.74) is 0.892. The molecule has 0 amide bonds. The van der Waals surface area contributed by atoms with Crippen molar-refractivity contribution in [2.45, 2.75) is 19.6 Å². The zero-order chi connectivity index (χ0) is 18.0. The van der Waals surface area contributed by atoms with Gasteiger partial charge in [0, 0.05) is 18.0 Å². The number of aromatic nitrogens is 2. The Morgan fingerprint density at radius 2 is 1.76 bits per heavy atom. The lowest BCUT2D eigenvalue weighted by molar-refractivity contribution is -0.384. The summed E-state index contributed by atoms with van der Waals surface area (Å²) < 4.78 is 2.65. The largest absolute Gasteiger partial charge is 0.387 e. The number of imidazole rings is 1. The molecule has 128 valence electrons. The smallest absolute Gasteiger partial charge is 0.333 e. The van der Waals surface area contributed by atoms with Gasteiger partial charge in [0.25, 0.3) is 5.69 Å². The maximum atomic E-state index is 12.7. The molecule has 25 heavy (non-hydrogen) atoms. The number of aliphatic hydroxyl groups excluding tert-OH is 1. The second-order valence-electron chi connectivity index (χ2n) is 5.71. The number of benzene rings is 2. The van der Waals surface area contributed by atoms with E-state index >= 15 is 0 Å². The first-order chi connectivity index (χ1) is 12.0. The highest BCUT2D eigenvalue weighted by molar-refractivity contribution is 5.52. The van der Waals surface area contributed by atoms with Crippen molar-refractivity contribution in [3.05, 3.63) is 92.7 Å². The fraction of sp³-hybridized carbons (Fsp3) is 0.167. The SMILES string of the molecule is Cc1cn(CC(O)c2ccccc2)c(=O)n1-c1ccccc1[N+](=O)[O-]. The van der Waals surface area contributed by atoms with E-state index in [0.29, 0.717) is 11.3 Å². The second kappa shape index (κ2) is 6.74. The van der Waals surface area contributed by atoms with E-state index in [9.17, 15) is 20.0 Å². The van der Waals surface area contributed by atoms with Crippen molar-refractivity contribution in [1.82, 2.24) is 9.13 Å². The lowest BCUT2D eigenvalue weighted by Gasteiger charge is -2.11. The fourth-order valence-electron chi connectivity index (χ4n) is 2.82. The number of aryl methyl sites for hydroxylation is 1. The highest BCUT2D eigenvalue weighted by Gasteiger charge is 2.20. The first kappa shape index (κ1) is 16.7. The minimum Gasteiger partial charge on any atom is -0.387 e. The van der Waals surface area contributed by atoms with Crippen LogP contribution in [0.5, 0.6) is 0 Å². The molecule has 0 radical (unpaired) electrons. The number of aliphatic hydroxyl groups is 1. The van der Waals surface area contributed by atoms with E-state index < -0.39 is 16.7 Å². The first-order valence-corrected chi connectivity index (χ1v) is 7.74. The van der Waals surface area contributed by atoms with Crippen LogP contribution in [0.3, 0.4) is 0 Å². The number of nitro benzene ring substituents is 1. The van der Waals surface area contributed by atoms with Gasteiger partial charge in [-0.3, -0.25) is 19.2 Å². The van der Waals surface area contributed by atoms with Crippen molar-refractivity contribution in [3.63, 3.8) is 0 Å². The molecule has 0 aliphatic rings. The van der Waals surface area contributed by atoms with Crippen LogP contribution in [-0.4, -0.2) is 19.2 Å². The zero-order valence-corrected chi connectivity index (χ0v) is 13.6. The minimum absolute atomic E-state index is 0.0668. The van der Waals surface area contributed by atoms with E-state index in [0.717, 1.165) is 0 Å². The van der Waals surface area contributed by atoms with Gasteiger partial charge in [-0.15, -0.1) is 0 Å². The Morgan fingerprint density at radius 3 is 2.44 bits per heavy atom. The molecular formula is C18H17N3O4. The third-order valence-corrected chi connectivity index (χ3v) is 4.01. The highest BCUT2D eigenvalue weighted by Crippen LogP contribution is 2.22. The Labute approximate surface area is 143 Å². The monoisotopic (exact) mass is 339 g/mol. The molecule has 0 bridgehead atoms. The van der Waals surface area contributed by atoms with Crippen LogP contribution in [-0.2, 0) is 6.54 Å². The maximum absolute atomic E-state index is 12.7. The summed E-state index contributed by atoms with van der Waals surface area (Å²) in [6, 6.07) is 15.1. The van der Waals surface area contributed by atoms with Crippen molar-refractivity contribution < 1.29 is 10.0 Å². The summed E-state index contributed by atoms with van der Waals surface area (Å²) in [5, 5.41) is 21.6. The number of nitrogens with zero attached hydrogens (tertiary/aromatic N) is 3. The number of hydrogen-bond donors (Lipinski definition) is 1. The van der Waals surface area contributed by atoms with Crippen LogP contribution in [0.4, 0.5) is 5.69 Å². The van der Waals surface area contributed by atoms with Gasteiger partial charge >= 0.3 is 5.69 Å². The van der Waals surface area contributed by atoms with E-state index in [-0.39, 0.29) is 17.9 Å². The molecule has 0 saturated carbocycles. The summed E-state index contributed by atoms with van der Waals surface area (Å²) in [5.74, 6) is 0. The van der Waals surface area contributed by atoms with Crippen LogP contribution >= 0.6 is 0 Å². The molecule has 1 N–H and O–H groups in total. The first-order valence-electron chi connectivity index (χ1n) is 7.74. The van der Waals surface area contributed by atoms with E-state index in [1.54, 1.807) is 37.4 Å². The molecule has 7 nitrogen and oxygen atoms in total. The number of hydrogen-bond acceptors (Lipinski definition) is 4. The van der Waals surface area contributed by atoms with Gasteiger partial charge in [0.05, 0.1) is 17.6 Å². The molecule has 7 heteroatoms. The van der Waals surface area contributed by atoms with Crippen LogP contribution in [0.15, 0.2) is 65.6 Å². The number of rotatable bonds is 5. The Kier molecular flexibility index (Phi) is 4.49. The van der Waals surface area contributed by atoms with Crippen LogP contribution in [0.25, 0.3) is 5.69 Å². The molecule has 0 saturated heterocycles. The van der Waals surface area contributed by atoms with Gasteiger partial charge in [0.1, 0.15) is 5.69 Å². The molecule has 3 rings (SSSR count). The lowest BCUT2D eigenvalue weighted by atomic mass is 10.1. The number of nitro groups is 1. The quantitative estimate of drug-likeness (QED) is 0.571. The fourth-order valence-corrected chi connectivity index (χ4v) is 2.82. The Morgan fingerprint density at radius 1 is 1.12 bits per heavy atom. The van der Waals surface area contributed by atoms with Gasteiger partial charge in [-0.05, 0) is 18.6 Å². The summed E-state index contributed by atoms with van der Waals surface area (Å²) in [6.07, 6.45) is 0.741. The van der Waals surface area contributed by atoms with Gasteiger partial charge < -0.3 is 5.11 Å². The van der Waals surface area contributed by atoms with Crippen molar-refractivity contribution in [1.29, 1.82) is 0 Å². The third kappa shape index (κ3) is 3.22. The molecule has 0 aliphatic heterocycles. The van der Waals surface area contributed by atoms with Crippen molar-refractivity contribution in [3.8, 4) is 5.69 Å². The van der Waals surface area contributed by atoms with Gasteiger partial charge in [0.2, 0.25) is 0 Å². The average molecular weight is 339 g/mol. The molecule has 1 heterocycles. The van der Waals surface area contributed by atoms with Crippen LogP contribution in [0.2, 0.25) is 0 Å². The predicted molar refractivity (Wildman–Crippen MR) is 92.8 cm³/mol. The zero-order valence-electron chi connectivity index (χ0n) is 13.6. The van der Waals surface area contributed by atoms with Gasteiger partial charge in [-0.2, -0.15) is 0 Å². The van der Waals surface area contributed by atoms with E-state index in [4.69, 9.17) is 0 Å². The van der Waals surface area contributed by atoms with E-state index in [1.807, 2.05) is 18.2 Å². The molecule has 3 aromatic rings. The minimum atomic E-state index is -0.847. The average Bonchev–Trinajstić information content (AvgIpc) is 2.89. The second-order valence-corrected chi connectivity index (χ2v) is 5.71. The predicted octanol–water partition coefficient (Wildman–Crippen LogP) is 2.59. The van der Waals surface area contributed by atoms with Crippen molar-refractivity contribution >= 4 is 5.69 Å². The highest BCUT2D eigenvalue weighted by atomic mass is 16.6. The molecular weight excluding hydrogens is 322 g/mol. The van der Waals surface area contributed by atoms with Crippen molar-refractivity contribution in [2.24, 2.45) is 0 Å². The van der Waals surface area contributed by atoms with Crippen LogP contribution in [0.1, 0.15) is 17.4 Å². The van der Waals surface area contributed by atoms with E-state index in [1.165, 1.54) is 21.3 Å². The Balaban J connectivity index is 2.00. The molecule has 0 spiro atoms. The molecule has 1 unspecified atom stereocenters.